The molecule has 1 heterocycles. The van der Waals surface area contributed by atoms with E-state index < -0.39 is 0 Å². The molecule has 3 N–H and O–H groups in total. The summed E-state index contributed by atoms with van der Waals surface area (Å²) in [5, 5.41) is 10.2. The van der Waals surface area contributed by atoms with Crippen molar-refractivity contribution in [1.29, 1.82) is 0 Å². The summed E-state index contributed by atoms with van der Waals surface area (Å²) in [7, 11) is 0. The van der Waals surface area contributed by atoms with Crippen LogP contribution in [0.4, 0.5) is 0 Å². The molecule has 0 aliphatic rings. The topological polar surface area (TPSA) is 102 Å². The maximum Gasteiger partial charge on any atom is 0.255 e. The summed E-state index contributed by atoms with van der Waals surface area (Å²) in [4.78, 5) is 31.4. The van der Waals surface area contributed by atoms with Crippen molar-refractivity contribution in [3.63, 3.8) is 0 Å². The van der Waals surface area contributed by atoms with E-state index in [1.54, 1.807) is 12.1 Å². The first kappa shape index (κ1) is 33.9. The van der Waals surface area contributed by atoms with E-state index in [1.165, 1.54) is 0 Å². The number of pyridine rings is 1. The zero-order valence-electron chi connectivity index (χ0n) is 27.8. The molecule has 1 aromatic heterocycles. The van der Waals surface area contributed by atoms with Gasteiger partial charge in [-0.3, -0.25) is 9.59 Å². The Morgan fingerprint density at radius 3 is 1.92 bits per heavy atom. The number of para-hydroxylation sites is 2. The molecule has 0 saturated heterocycles. The van der Waals surface area contributed by atoms with Crippen LogP contribution in [0, 0.1) is 0 Å². The number of carbonyl (C=O) groups excluding carboxylic acids is 2. The van der Waals surface area contributed by atoms with Crippen molar-refractivity contribution in [3.8, 4) is 22.8 Å². The standard InChI is InChI=1S/C42H40N4O4/c47-41(35-21-12-23-39(49-29-31-14-4-1-5-15-31)40(35)50-30-32-16-6-2-7-17-32)45-27-26-43-24-13-25-44-42(48)36-28-38(33-18-8-3-9-19-33)46-37-22-11-10-20-34(36)37/h1-12,14-23,28,43H,13,24-27,29-30H2,(H,44,48)(H,45,47). The highest BCUT2D eigenvalue weighted by molar-refractivity contribution is 6.07. The number of aromatic nitrogens is 1. The maximum atomic E-state index is 13.3. The normalized spacial score (nSPS) is 10.8. The van der Waals surface area contributed by atoms with Crippen LogP contribution in [-0.4, -0.2) is 43.0 Å². The molecule has 252 valence electrons. The van der Waals surface area contributed by atoms with E-state index in [0.29, 0.717) is 62.0 Å². The fourth-order valence-electron chi connectivity index (χ4n) is 5.54. The molecule has 0 saturated carbocycles. The number of hydrogen-bond donors (Lipinski definition) is 3. The van der Waals surface area contributed by atoms with E-state index in [1.807, 2.05) is 127 Å². The molecule has 0 aliphatic heterocycles. The maximum absolute atomic E-state index is 13.3. The van der Waals surface area contributed by atoms with Crippen LogP contribution in [0.1, 0.15) is 38.3 Å². The van der Waals surface area contributed by atoms with Gasteiger partial charge in [0.1, 0.15) is 13.2 Å². The minimum atomic E-state index is -0.244. The Morgan fingerprint density at radius 1 is 0.560 bits per heavy atom. The lowest BCUT2D eigenvalue weighted by molar-refractivity contribution is 0.0941. The first-order chi connectivity index (χ1) is 24.7. The SMILES string of the molecule is O=C(NCCNCCCNC(=O)c1cc(-c2ccccc2)nc2ccccc12)c1cccc(OCc2ccccc2)c1OCc1ccccc1. The van der Waals surface area contributed by atoms with Crippen molar-refractivity contribution < 1.29 is 19.1 Å². The molecule has 6 rings (SSSR count). The Hall–Kier alpha value is -5.99. The van der Waals surface area contributed by atoms with Gasteiger partial charge in [-0.25, -0.2) is 4.98 Å². The van der Waals surface area contributed by atoms with Crippen molar-refractivity contribution in [1.82, 2.24) is 20.9 Å². The highest BCUT2D eigenvalue weighted by Gasteiger charge is 2.18. The van der Waals surface area contributed by atoms with Crippen LogP contribution in [0.25, 0.3) is 22.2 Å². The molecule has 0 fully saturated rings. The molecule has 8 heteroatoms. The summed E-state index contributed by atoms with van der Waals surface area (Å²) in [5.74, 6) is 0.542. The second-order valence-corrected chi connectivity index (χ2v) is 11.7. The summed E-state index contributed by atoms with van der Waals surface area (Å²) in [6, 6.07) is 44.5. The average Bonchev–Trinajstić information content (AvgIpc) is 3.17. The van der Waals surface area contributed by atoms with Crippen LogP contribution >= 0.6 is 0 Å². The van der Waals surface area contributed by atoms with Crippen LogP contribution in [0.5, 0.6) is 11.5 Å². The summed E-state index contributed by atoms with van der Waals surface area (Å²) in [6.07, 6.45) is 0.729. The quantitative estimate of drug-likeness (QED) is 0.0947. The molecule has 0 aliphatic carbocycles. The Balaban J connectivity index is 0.985. The second-order valence-electron chi connectivity index (χ2n) is 11.7. The monoisotopic (exact) mass is 664 g/mol. The molecule has 0 bridgehead atoms. The van der Waals surface area contributed by atoms with Gasteiger partial charge >= 0.3 is 0 Å². The molecule has 0 unspecified atom stereocenters. The first-order valence-corrected chi connectivity index (χ1v) is 16.8. The van der Waals surface area contributed by atoms with E-state index in [-0.39, 0.29) is 11.8 Å². The average molecular weight is 665 g/mol. The number of nitrogens with one attached hydrogen (secondary N) is 3. The summed E-state index contributed by atoms with van der Waals surface area (Å²) >= 11 is 0. The van der Waals surface area contributed by atoms with Crippen molar-refractivity contribution >= 4 is 22.7 Å². The number of rotatable bonds is 16. The third kappa shape index (κ3) is 9.12. The van der Waals surface area contributed by atoms with Gasteiger partial charge < -0.3 is 25.4 Å². The van der Waals surface area contributed by atoms with E-state index in [4.69, 9.17) is 14.5 Å². The number of amides is 2. The van der Waals surface area contributed by atoms with Gasteiger partial charge in [0, 0.05) is 30.6 Å². The molecule has 0 radical (unpaired) electrons. The van der Waals surface area contributed by atoms with Gasteiger partial charge in [0.05, 0.1) is 22.3 Å². The summed E-state index contributed by atoms with van der Waals surface area (Å²) < 4.78 is 12.3. The first-order valence-electron chi connectivity index (χ1n) is 16.8. The molecule has 8 nitrogen and oxygen atoms in total. The van der Waals surface area contributed by atoms with Crippen molar-refractivity contribution in [2.24, 2.45) is 0 Å². The fraction of sp³-hybridized carbons (Fsp3) is 0.167. The summed E-state index contributed by atoms with van der Waals surface area (Å²) in [6.45, 7) is 2.83. The molecular weight excluding hydrogens is 624 g/mol. The van der Waals surface area contributed by atoms with Crippen molar-refractivity contribution in [3.05, 3.63) is 162 Å². The van der Waals surface area contributed by atoms with Gasteiger partial charge in [-0.1, -0.05) is 115 Å². The Labute approximate surface area is 292 Å². The molecule has 0 spiro atoms. The Morgan fingerprint density at radius 2 is 1.18 bits per heavy atom. The Kier molecular flexibility index (Phi) is 11.8. The minimum absolute atomic E-state index is 0.131. The highest BCUT2D eigenvalue weighted by atomic mass is 16.5. The smallest absolute Gasteiger partial charge is 0.255 e. The lowest BCUT2D eigenvalue weighted by atomic mass is 10.0. The van der Waals surface area contributed by atoms with Gasteiger partial charge in [-0.15, -0.1) is 0 Å². The second kappa shape index (κ2) is 17.4. The molecule has 2 amide bonds. The molecular formula is C42H40N4O4. The molecule has 5 aromatic carbocycles. The number of fused-ring (bicyclic) bond motifs is 1. The molecule has 0 atom stereocenters. The third-order valence-corrected chi connectivity index (χ3v) is 8.12. The van der Waals surface area contributed by atoms with Crippen molar-refractivity contribution in [2.45, 2.75) is 19.6 Å². The number of benzene rings is 5. The van der Waals surface area contributed by atoms with Gasteiger partial charge in [-0.2, -0.15) is 0 Å². The van der Waals surface area contributed by atoms with Crippen LogP contribution in [0.2, 0.25) is 0 Å². The summed E-state index contributed by atoms with van der Waals surface area (Å²) in [5.41, 5.74) is 5.53. The predicted octanol–water partition coefficient (Wildman–Crippen LogP) is 7.20. The van der Waals surface area contributed by atoms with E-state index in [2.05, 4.69) is 16.0 Å². The zero-order valence-corrected chi connectivity index (χ0v) is 27.8. The number of hydrogen-bond acceptors (Lipinski definition) is 6. The number of carbonyl (C=O) groups is 2. The van der Waals surface area contributed by atoms with Crippen LogP contribution in [0.3, 0.4) is 0 Å². The van der Waals surface area contributed by atoms with Crippen molar-refractivity contribution in [2.75, 3.05) is 26.2 Å². The third-order valence-electron chi connectivity index (χ3n) is 8.12. The molecule has 6 aromatic rings. The molecule has 50 heavy (non-hydrogen) atoms. The number of ether oxygens (including phenoxy) is 2. The Bertz CT molecular complexity index is 2000. The van der Waals surface area contributed by atoms with E-state index >= 15 is 0 Å². The van der Waals surface area contributed by atoms with E-state index in [0.717, 1.165) is 39.7 Å². The van der Waals surface area contributed by atoms with Gasteiger partial charge in [-0.05, 0) is 48.4 Å². The number of nitrogens with zero attached hydrogens (tertiary/aromatic N) is 1. The minimum Gasteiger partial charge on any atom is -0.485 e. The van der Waals surface area contributed by atoms with Crippen LogP contribution < -0.4 is 25.4 Å². The van der Waals surface area contributed by atoms with Crippen LogP contribution in [0.15, 0.2) is 140 Å². The van der Waals surface area contributed by atoms with Gasteiger partial charge in [0.15, 0.2) is 11.5 Å². The van der Waals surface area contributed by atoms with Gasteiger partial charge in [0.25, 0.3) is 11.8 Å². The van der Waals surface area contributed by atoms with Crippen LogP contribution in [-0.2, 0) is 13.2 Å². The fourth-order valence-corrected chi connectivity index (χ4v) is 5.54. The van der Waals surface area contributed by atoms with Gasteiger partial charge in [0.2, 0.25) is 0 Å². The zero-order chi connectivity index (χ0) is 34.4. The largest absolute Gasteiger partial charge is 0.485 e. The van der Waals surface area contributed by atoms with E-state index in [9.17, 15) is 9.59 Å². The lowest BCUT2D eigenvalue weighted by Gasteiger charge is -2.17. The predicted molar refractivity (Wildman–Crippen MR) is 197 cm³/mol. The highest BCUT2D eigenvalue weighted by Crippen LogP contribution is 2.33. The lowest BCUT2D eigenvalue weighted by Crippen LogP contribution is -2.33.